The normalized spacial score (nSPS) is 22.5. The Kier molecular flexibility index (Phi) is 5.06. The van der Waals surface area contributed by atoms with Crippen LogP contribution < -0.4 is 5.32 Å². The van der Waals surface area contributed by atoms with Gasteiger partial charge in [-0.25, -0.2) is 4.39 Å². The molecule has 2 aliphatic heterocycles. The van der Waals surface area contributed by atoms with Crippen LogP contribution >= 0.6 is 0 Å². The Balaban J connectivity index is 1.70. The van der Waals surface area contributed by atoms with Crippen molar-refractivity contribution < 1.29 is 14.3 Å². The molecule has 2 heterocycles. The lowest BCUT2D eigenvalue weighted by molar-refractivity contribution is -0.132. The summed E-state index contributed by atoms with van der Waals surface area (Å²) in [5.41, 5.74) is 3.60. The molecule has 28 heavy (non-hydrogen) atoms. The fraction of sp³-hybridized carbons (Fsp3) is 0.348. The molecule has 3 atom stereocenters. The van der Waals surface area contributed by atoms with Gasteiger partial charge in [0, 0.05) is 35.7 Å². The zero-order valence-corrected chi connectivity index (χ0v) is 15.8. The van der Waals surface area contributed by atoms with E-state index in [-0.39, 0.29) is 36.3 Å². The van der Waals surface area contributed by atoms with Gasteiger partial charge in [0.05, 0.1) is 18.7 Å². The number of hydrogen-bond donors (Lipinski definition) is 2. The minimum atomic E-state index is -0.281. The van der Waals surface area contributed by atoms with Gasteiger partial charge < -0.3 is 15.3 Å². The molecule has 1 fully saturated rings. The van der Waals surface area contributed by atoms with E-state index in [1.165, 1.54) is 12.1 Å². The minimum absolute atomic E-state index is 0.0339. The van der Waals surface area contributed by atoms with Gasteiger partial charge in [-0.05, 0) is 54.4 Å². The highest BCUT2D eigenvalue weighted by atomic mass is 19.1. The van der Waals surface area contributed by atoms with Gasteiger partial charge in [0.25, 0.3) is 0 Å². The Morgan fingerprint density at radius 1 is 1.21 bits per heavy atom. The summed E-state index contributed by atoms with van der Waals surface area (Å²) in [5.74, 6) is 6.25. The second-order valence-electron chi connectivity index (χ2n) is 7.33. The van der Waals surface area contributed by atoms with E-state index in [0.717, 1.165) is 28.8 Å². The third kappa shape index (κ3) is 3.36. The summed E-state index contributed by atoms with van der Waals surface area (Å²) in [5, 5.41) is 13.2. The van der Waals surface area contributed by atoms with E-state index in [1.54, 1.807) is 12.1 Å². The highest BCUT2D eigenvalue weighted by Gasteiger charge is 2.45. The predicted octanol–water partition coefficient (Wildman–Crippen LogP) is 3.31. The van der Waals surface area contributed by atoms with E-state index < -0.39 is 0 Å². The maximum Gasteiger partial charge on any atom is 0.222 e. The molecule has 0 saturated carbocycles. The van der Waals surface area contributed by atoms with Gasteiger partial charge in [0.15, 0.2) is 0 Å². The van der Waals surface area contributed by atoms with Crippen molar-refractivity contribution in [3.63, 3.8) is 0 Å². The number of anilines is 1. The van der Waals surface area contributed by atoms with E-state index in [2.05, 4.69) is 17.2 Å². The number of aliphatic hydroxyl groups excluding tert-OH is 1. The second kappa shape index (κ2) is 7.65. The number of nitrogens with zero attached hydrogens (tertiary/aromatic N) is 1. The molecular weight excluding hydrogens is 355 g/mol. The number of amides is 1. The highest BCUT2D eigenvalue weighted by Crippen LogP contribution is 2.46. The lowest BCUT2D eigenvalue weighted by atomic mass is 9.82. The second-order valence-corrected chi connectivity index (χ2v) is 7.33. The van der Waals surface area contributed by atoms with Crippen LogP contribution in [0.1, 0.15) is 42.5 Å². The van der Waals surface area contributed by atoms with Crippen LogP contribution in [-0.4, -0.2) is 35.1 Å². The molecule has 2 aromatic carbocycles. The van der Waals surface area contributed by atoms with E-state index in [1.807, 2.05) is 30.0 Å². The van der Waals surface area contributed by atoms with Crippen LogP contribution in [0.5, 0.6) is 0 Å². The first kappa shape index (κ1) is 18.5. The number of nitrogens with one attached hydrogen (secondary N) is 1. The summed E-state index contributed by atoms with van der Waals surface area (Å²) in [6, 6.07) is 11.9. The topological polar surface area (TPSA) is 52.6 Å². The molecule has 0 aromatic heterocycles. The summed E-state index contributed by atoms with van der Waals surface area (Å²) >= 11 is 0. The number of aliphatic hydroxyl groups is 1. The van der Waals surface area contributed by atoms with Gasteiger partial charge in [-0.15, -0.1) is 0 Å². The van der Waals surface area contributed by atoms with Gasteiger partial charge >= 0.3 is 0 Å². The van der Waals surface area contributed by atoms with Crippen LogP contribution in [0.2, 0.25) is 0 Å². The van der Waals surface area contributed by atoms with Gasteiger partial charge in [0.2, 0.25) is 5.91 Å². The van der Waals surface area contributed by atoms with Gasteiger partial charge in [-0.3, -0.25) is 4.79 Å². The molecule has 0 unspecified atom stereocenters. The summed E-state index contributed by atoms with van der Waals surface area (Å²) in [7, 11) is 0. The van der Waals surface area contributed by atoms with Crippen molar-refractivity contribution in [2.75, 3.05) is 18.5 Å². The lowest BCUT2D eigenvalue weighted by Gasteiger charge is -2.39. The number of carbonyl (C=O) groups is 1. The average Bonchev–Trinajstić information content (AvgIpc) is 3.17. The molecular formula is C23H23FN2O2. The van der Waals surface area contributed by atoms with Gasteiger partial charge in [-0.1, -0.05) is 18.8 Å². The smallest absolute Gasteiger partial charge is 0.222 e. The zero-order valence-electron chi connectivity index (χ0n) is 15.8. The Labute approximate surface area is 164 Å². The first-order valence-corrected chi connectivity index (χ1v) is 9.69. The van der Waals surface area contributed by atoms with E-state index in [9.17, 15) is 14.3 Å². The van der Waals surface area contributed by atoms with E-state index >= 15 is 0 Å². The Bertz CT molecular complexity index is 945. The maximum atomic E-state index is 13.0. The number of halogens is 1. The molecule has 4 nitrogen and oxygen atoms in total. The number of rotatable bonds is 2. The summed E-state index contributed by atoms with van der Waals surface area (Å²) in [6.45, 7) is 2.64. The predicted molar refractivity (Wildman–Crippen MR) is 106 cm³/mol. The number of benzene rings is 2. The molecule has 4 rings (SSSR count). The maximum absolute atomic E-state index is 13.0. The monoisotopic (exact) mass is 378 g/mol. The van der Waals surface area contributed by atoms with Crippen molar-refractivity contribution in [3.8, 4) is 11.8 Å². The average molecular weight is 378 g/mol. The van der Waals surface area contributed by atoms with Crippen LogP contribution in [0.15, 0.2) is 42.5 Å². The van der Waals surface area contributed by atoms with Crippen molar-refractivity contribution in [1.29, 1.82) is 0 Å². The zero-order chi connectivity index (χ0) is 19.7. The first-order chi connectivity index (χ1) is 13.6. The Hall–Kier alpha value is -2.84. The fourth-order valence-electron chi connectivity index (χ4n) is 4.30. The number of fused-ring (bicyclic) bond motifs is 3. The molecule has 144 valence electrons. The standard InChI is InChI=1S/C23H23FN2O2/c1-2-22(28)26-12-11-18-21(14-27)25-20-10-7-16(13-19(20)23(18)26)4-3-15-5-8-17(24)9-6-15/h5-10,13,18,21,23,25,27H,2,11-12,14H2,1H3/t18-,21+,23-/m1/s1. The molecule has 0 spiro atoms. The molecule has 2 aromatic rings. The van der Waals surface area contributed by atoms with Crippen LogP contribution in [0, 0.1) is 23.6 Å². The molecule has 0 bridgehead atoms. The van der Waals surface area contributed by atoms with Crippen LogP contribution in [0.3, 0.4) is 0 Å². The molecule has 1 saturated heterocycles. The quantitative estimate of drug-likeness (QED) is 0.789. The summed E-state index contributed by atoms with van der Waals surface area (Å²) in [6.07, 6.45) is 1.35. The van der Waals surface area contributed by atoms with E-state index in [0.29, 0.717) is 13.0 Å². The molecule has 5 heteroatoms. The van der Waals surface area contributed by atoms with Crippen molar-refractivity contribution in [2.24, 2.45) is 5.92 Å². The lowest BCUT2D eigenvalue weighted by Crippen LogP contribution is -2.42. The Morgan fingerprint density at radius 3 is 2.64 bits per heavy atom. The van der Waals surface area contributed by atoms with Crippen molar-refractivity contribution in [2.45, 2.75) is 31.8 Å². The fourth-order valence-corrected chi connectivity index (χ4v) is 4.30. The first-order valence-electron chi connectivity index (χ1n) is 9.69. The van der Waals surface area contributed by atoms with Crippen molar-refractivity contribution in [3.05, 3.63) is 65.0 Å². The van der Waals surface area contributed by atoms with Crippen molar-refractivity contribution in [1.82, 2.24) is 4.90 Å². The highest BCUT2D eigenvalue weighted by molar-refractivity contribution is 5.77. The molecule has 0 aliphatic carbocycles. The number of carbonyl (C=O) groups excluding carboxylic acids is 1. The molecule has 2 aliphatic rings. The van der Waals surface area contributed by atoms with Crippen LogP contribution in [-0.2, 0) is 4.79 Å². The summed E-state index contributed by atoms with van der Waals surface area (Å²) in [4.78, 5) is 14.4. The number of hydrogen-bond acceptors (Lipinski definition) is 3. The summed E-state index contributed by atoms with van der Waals surface area (Å²) < 4.78 is 13.0. The van der Waals surface area contributed by atoms with Crippen LogP contribution in [0.4, 0.5) is 10.1 Å². The third-order valence-electron chi connectivity index (χ3n) is 5.69. The van der Waals surface area contributed by atoms with E-state index in [4.69, 9.17) is 0 Å². The molecule has 1 amide bonds. The molecule has 2 N–H and O–H groups in total. The SMILES string of the molecule is CCC(=O)N1CC[C@@H]2[C@H](CO)Nc3ccc(C#Cc4ccc(F)cc4)cc3[C@@H]21. The molecule has 0 radical (unpaired) electrons. The minimum Gasteiger partial charge on any atom is -0.394 e. The Morgan fingerprint density at radius 2 is 1.93 bits per heavy atom. The van der Waals surface area contributed by atoms with Gasteiger partial charge in [0.1, 0.15) is 5.82 Å². The van der Waals surface area contributed by atoms with Crippen LogP contribution in [0.25, 0.3) is 0 Å². The van der Waals surface area contributed by atoms with Crippen molar-refractivity contribution >= 4 is 11.6 Å². The largest absolute Gasteiger partial charge is 0.394 e. The van der Waals surface area contributed by atoms with Gasteiger partial charge in [-0.2, -0.15) is 0 Å². The number of likely N-dealkylation sites (tertiary alicyclic amines) is 1. The third-order valence-corrected chi connectivity index (χ3v) is 5.69.